The van der Waals surface area contributed by atoms with Crippen molar-refractivity contribution >= 4 is 29.5 Å². The molecule has 0 aromatic heterocycles. The Morgan fingerprint density at radius 2 is 0.941 bits per heavy atom. The summed E-state index contributed by atoms with van der Waals surface area (Å²) in [5, 5.41) is 40.4. The molecule has 6 N–H and O–H groups in total. The first kappa shape index (κ1) is 42.2. The second-order valence-electron chi connectivity index (χ2n) is 15.2. The van der Waals surface area contributed by atoms with Crippen LogP contribution in [0.3, 0.4) is 0 Å². The van der Waals surface area contributed by atoms with E-state index in [1.807, 2.05) is 0 Å². The van der Waals surface area contributed by atoms with Crippen LogP contribution >= 0.6 is 0 Å². The lowest BCUT2D eigenvalue weighted by molar-refractivity contribution is -0.166. The van der Waals surface area contributed by atoms with Gasteiger partial charge in [-0.25, -0.2) is 15.2 Å². The van der Waals surface area contributed by atoms with Crippen LogP contribution in [0.2, 0.25) is 0 Å². The highest BCUT2D eigenvalue weighted by atomic mass is 16.5. The molecule has 5 amide bonds. The molecule has 51 heavy (non-hydrogen) atoms. The predicted octanol–water partition coefficient (Wildman–Crippen LogP) is 4.28. The Kier molecular flexibility index (Phi) is 18.2. The summed E-state index contributed by atoms with van der Waals surface area (Å²) in [6.07, 6.45) is 14.2. The van der Waals surface area contributed by atoms with Crippen molar-refractivity contribution in [2.75, 3.05) is 39.3 Å². The van der Waals surface area contributed by atoms with Crippen molar-refractivity contribution in [3.8, 4) is 0 Å². The third-order valence-electron chi connectivity index (χ3n) is 10.9. The maximum atomic E-state index is 12.3. The van der Waals surface area contributed by atoms with Gasteiger partial charge >= 0.3 is 0 Å². The van der Waals surface area contributed by atoms with Crippen LogP contribution < -0.4 is 16.0 Å². The van der Waals surface area contributed by atoms with E-state index < -0.39 is 17.7 Å². The lowest BCUT2D eigenvalue weighted by atomic mass is 9.49. The van der Waals surface area contributed by atoms with Crippen LogP contribution in [0.5, 0.6) is 0 Å². The standard InChI is InChI=1S/C37H64N6O8/c1-28(37-25-30-22-31(26-37)24-32(23-30)27-37)38-16-6-3-10-20-42(50)35(47)14-13-34(46)40-18-8-5-11-21-43(51)36(48)15-12-33(45)39-17-7-4-9-19-41(49)29(2)44/h30-32,38,49-51H,1,3-27H2,2H3,(H,39,45)(H,40,46). The molecular formula is C37H64N6O8. The van der Waals surface area contributed by atoms with E-state index in [1.165, 1.54) is 51.1 Å². The number of carbonyl (C=O) groups is 5. The molecule has 4 rings (SSSR count). The van der Waals surface area contributed by atoms with Gasteiger partial charge in [0.1, 0.15) is 0 Å². The third kappa shape index (κ3) is 15.1. The minimum atomic E-state index is -0.543. The maximum Gasteiger partial charge on any atom is 0.246 e. The van der Waals surface area contributed by atoms with Gasteiger partial charge in [-0.15, -0.1) is 0 Å². The number of carbonyl (C=O) groups excluding carboxylic acids is 5. The number of allylic oxidation sites excluding steroid dienone is 1. The highest BCUT2D eigenvalue weighted by Gasteiger charge is 2.52. The second kappa shape index (κ2) is 22.0. The largest absolute Gasteiger partial charge is 0.388 e. The van der Waals surface area contributed by atoms with Gasteiger partial charge in [-0.1, -0.05) is 6.58 Å². The molecule has 0 aliphatic heterocycles. The first-order chi connectivity index (χ1) is 24.4. The van der Waals surface area contributed by atoms with Gasteiger partial charge in [0.05, 0.1) is 0 Å². The first-order valence-electron chi connectivity index (χ1n) is 19.3. The van der Waals surface area contributed by atoms with Crippen LogP contribution in [-0.2, 0) is 24.0 Å². The lowest BCUT2D eigenvalue weighted by Gasteiger charge is -2.57. The lowest BCUT2D eigenvalue weighted by Crippen LogP contribution is -2.49. The van der Waals surface area contributed by atoms with Crippen molar-refractivity contribution in [2.45, 2.75) is 129 Å². The summed E-state index contributed by atoms with van der Waals surface area (Å²) in [4.78, 5) is 59.4. The van der Waals surface area contributed by atoms with Gasteiger partial charge < -0.3 is 16.0 Å². The number of nitrogens with one attached hydrogen (secondary N) is 3. The average Bonchev–Trinajstić information content (AvgIpc) is 3.09. The molecule has 0 aromatic carbocycles. The van der Waals surface area contributed by atoms with E-state index in [-0.39, 0.29) is 57.1 Å². The number of nitrogens with zero attached hydrogens (tertiary/aromatic N) is 3. The fraction of sp³-hybridized carbons (Fsp3) is 0.811. The molecule has 0 spiro atoms. The Labute approximate surface area is 303 Å². The van der Waals surface area contributed by atoms with Gasteiger partial charge in [0.25, 0.3) is 0 Å². The number of rotatable bonds is 26. The van der Waals surface area contributed by atoms with E-state index in [4.69, 9.17) is 0 Å². The Bertz CT molecular complexity index is 1130. The molecule has 4 saturated carbocycles. The fourth-order valence-electron chi connectivity index (χ4n) is 8.34. The van der Waals surface area contributed by atoms with Crippen LogP contribution in [0.25, 0.3) is 0 Å². The number of amides is 5. The minimum absolute atomic E-state index is 0.0116. The number of hydroxylamine groups is 6. The minimum Gasteiger partial charge on any atom is -0.388 e. The van der Waals surface area contributed by atoms with E-state index in [0.717, 1.165) is 48.6 Å². The van der Waals surface area contributed by atoms with Crippen molar-refractivity contribution in [3.05, 3.63) is 12.3 Å². The van der Waals surface area contributed by atoms with E-state index in [2.05, 4.69) is 22.5 Å². The predicted molar refractivity (Wildman–Crippen MR) is 190 cm³/mol. The average molecular weight is 721 g/mol. The van der Waals surface area contributed by atoms with E-state index in [0.29, 0.717) is 67.2 Å². The summed E-state index contributed by atoms with van der Waals surface area (Å²) >= 11 is 0. The van der Waals surface area contributed by atoms with E-state index >= 15 is 0 Å². The van der Waals surface area contributed by atoms with Gasteiger partial charge in [0.15, 0.2) is 0 Å². The molecule has 0 radical (unpaired) electrons. The molecule has 4 aliphatic carbocycles. The van der Waals surface area contributed by atoms with Crippen LogP contribution in [0.4, 0.5) is 0 Å². The van der Waals surface area contributed by atoms with E-state index in [1.54, 1.807) is 0 Å². The maximum absolute atomic E-state index is 12.3. The highest BCUT2D eigenvalue weighted by Crippen LogP contribution is 2.62. The molecule has 14 nitrogen and oxygen atoms in total. The van der Waals surface area contributed by atoms with Gasteiger partial charge in [0.2, 0.25) is 29.5 Å². The van der Waals surface area contributed by atoms with Crippen molar-refractivity contribution < 1.29 is 39.6 Å². The van der Waals surface area contributed by atoms with Gasteiger partial charge in [-0.3, -0.25) is 39.6 Å². The summed E-state index contributed by atoms with van der Waals surface area (Å²) in [6, 6.07) is 0. The number of unbranched alkanes of at least 4 members (excludes halogenated alkanes) is 6. The SMILES string of the molecule is C=C(NCCCCCN(O)C(=O)CCC(=O)NCCCCCN(O)C(=O)CCC(=O)NCCCCCN(O)C(C)=O)C12CC3CC(CC(C3)C1)C2. The molecule has 4 aliphatic rings. The first-order valence-corrected chi connectivity index (χ1v) is 19.3. The fourth-order valence-corrected chi connectivity index (χ4v) is 8.34. The summed E-state index contributed by atoms with van der Waals surface area (Å²) in [6.45, 7) is 7.99. The molecule has 0 aromatic rings. The molecule has 290 valence electrons. The van der Waals surface area contributed by atoms with Crippen molar-refractivity contribution in [1.82, 2.24) is 31.1 Å². The Hall–Kier alpha value is -3.23. The van der Waals surface area contributed by atoms with Crippen LogP contribution in [-0.4, -0.2) is 99.6 Å². The van der Waals surface area contributed by atoms with Crippen LogP contribution in [0.1, 0.15) is 129 Å². The number of hydrogen-bond donors (Lipinski definition) is 6. The van der Waals surface area contributed by atoms with Crippen LogP contribution in [0, 0.1) is 23.2 Å². The molecule has 4 fully saturated rings. The summed E-state index contributed by atoms with van der Waals surface area (Å²) < 4.78 is 0. The van der Waals surface area contributed by atoms with E-state index in [9.17, 15) is 39.6 Å². The summed E-state index contributed by atoms with van der Waals surface area (Å²) in [5.41, 5.74) is 1.53. The Morgan fingerprint density at radius 1 is 0.569 bits per heavy atom. The zero-order valence-electron chi connectivity index (χ0n) is 30.8. The van der Waals surface area contributed by atoms with Crippen molar-refractivity contribution in [1.29, 1.82) is 0 Å². The zero-order chi connectivity index (χ0) is 37.2. The molecule has 4 bridgehead atoms. The van der Waals surface area contributed by atoms with Crippen molar-refractivity contribution in [3.63, 3.8) is 0 Å². The van der Waals surface area contributed by atoms with Crippen LogP contribution in [0.15, 0.2) is 12.3 Å². The van der Waals surface area contributed by atoms with Crippen molar-refractivity contribution in [2.24, 2.45) is 23.2 Å². The summed E-state index contributed by atoms with van der Waals surface area (Å²) in [7, 11) is 0. The zero-order valence-corrected chi connectivity index (χ0v) is 30.8. The number of hydrogen-bond acceptors (Lipinski definition) is 9. The summed E-state index contributed by atoms with van der Waals surface area (Å²) in [5.74, 6) is 0.674. The molecule has 0 atom stereocenters. The highest BCUT2D eigenvalue weighted by molar-refractivity contribution is 5.83. The quantitative estimate of drug-likeness (QED) is 0.0430. The van der Waals surface area contributed by atoms with Gasteiger partial charge in [0, 0.05) is 83.0 Å². The topological polar surface area (TPSA) is 192 Å². The van der Waals surface area contributed by atoms with Gasteiger partial charge in [-0.05, 0) is 114 Å². The molecule has 0 heterocycles. The Balaban J connectivity index is 1.10. The monoisotopic (exact) mass is 720 g/mol. The third-order valence-corrected chi connectivity index (χ3v) is 10.9. The smallest absolute Gasteiger partial charge is 0.246 e. The Morgan fingerprint density at radius 3 is 1.33 bits per heavy atom. The molecular weight excluding hydrogens is 656 g/mol. The van der Waals surface area contributed by atoms with Gasteiger partial charge in [-0.2, -0.15) is 0 Å². The molecule has 0 saturated heterocycles. The molecule has 0 unspecified atom stereocenters. The molecule has 14 heteroatoms. The second-order valence-corrected chi connectivity index (χ2v) is 15.2. The normalized spacial score (nSPS) is 21.5.